The molecule has 1 fully saturated rings. The number of carbonyl (C=O) groups is 3. The van der Waals surface area contributed by atoms with Crippen molar-refractivity contribution in [2.75, 3.05) is 13.2 Å². The van der Waals surface area contributed by atoms with Gasteiger partial charge in [-0.25, -0.2) is 14.4 Å². The zero-order valence-corrected chi connectivity index (χ0v) is 35.4. The molecule has 0 spiro atoms. The third kappa shape index (κ3) is 31.1. The lowest BCUT2D eigenvalue weighted by Crippen LogP contribution is -2.48. The summed E-state index contributed by atoms with van der Waals surface area (Å²) >= 11 is 0. The summed E-state index contributed by atoms with van der Waals surface area (Å²) in [4.78, 5) is 36.4. The smallest absolute Gasteiger partial charge is 0.450 e. The Morgan fingerprint density at radius 1 is 0.444 bits per heavy atom. The van der Waals surface area contributed by atoms with E-state index in [1.54, 1.807) is 0 Å². The molecule has 318 valence electrons. The van der Waals surface area contributed by atoms with Gasteiger partial charge in [-0.2, -0.15) is 0 Å². The predicted molar refractivity (Wildman–Crippen MR) is 218 cm³/mol. The predicted octanol–water partition coefficient (Wildman–Crippen LogP) is 14.5. The SMILES string of the molecule is CC(C)CCCCCCCCCCCCCCCOC(=O)OC1CCCC(OC(=O)O)C1OC(=O)OCCCCCCCCCCCCCCCC(C)C. The van der Waals surface area contributed by atoms with Crippen molar-refractivity contribution in [2.45, 2.75) is 245 Å². The number of unbranched alkanes of at least 4 members (excludes halogenated alkanes) is 24. The van der Waals surface area contributed by atoms with Crippen molar-refractivity contribution < 1.29 is 43.2 Å². The molecule has 1 rings (SSSR count). The highest BCUT2D eigenvalue weighted by Crippen LogP contribution is 2.28. The second kappa shape index (κ2) is 35.2. The summed E-state index contributed by atoms with van der Waals surface area (Å²) in [6, 6.07) is 0. The number of ether oxygens (including phenoxy) is 5. The molecule has 0 bridgehead atoms. The molecule has 0 aromatic heterocycles. The number of carbonyl (C=O) groups excluding carboxylic acids is 2. The largest absolute Gasteiger partial charge is 0.508 e. The van der Waals surface area contributed by atoms with Gasteiger partial charge in [-0.1, -0.05) is 195 Å². The van der Waals surface area contributed by atoms with E-state index in [4.69, 9.17) is 23.7 Å². The summed E-state index contributed by atoms with van der Waals surface area (Å²) in [6.45, 7) is 9.68. The van der Waals surface area contributed by atoms with Crippen molar-refractivity contribution in [3.63, 3.8) is 0 Å². The van der Waals surface area contributed by atoms with Crippen LogP contribution in [0.5, 0.6) is 0 Å². The lowest BCUT2D eigenvalue weighted by Gasteiger charge is -2.35. The molecule has 3 atom stereocenters. The third-order valence-electron chi connectivity index (χ3n) is 10.7. The van der Waals surface area contributed by atoms with Crippen molar-refractivity contribution in [1.82, 2.24) is 0 Å². The van der Waals surface area contributed by atoms with E-state index in [0.29, 0.717) is 19.3 Å². The highest BCUT2D eigenvalue weighted by molar-refractivity contribution is 5.62. The van der Waals surface area contributed by atoms with Gasteiger partial charge in [0.25, 0.3) is 0 Å². The normalized spacial score (nSPS) is 17.1. The van der Waals surface area contributed by atoms with Crippen LogP contribution >= 0.6 is 0 Å². The van der Waals surface area contributed by atoms with Gasteiger partial charge in [0.15, 0.2) is 6.10 Å². The molecule has 1 aliphatic carbocycles. The van der Waals surface area contributed by atoms with Gasteiger partial charge in [0.1, 0.15) is 12.2 Å². The molecule has 0 aromatic carbocycles. The number of carboxylic acid groups (broad SMARTS) is 1. The van der Waals surface area contributed by atoms with Crippen LogP contribution in [0.15, 0.2) is 0 Å². The minimum atomic E-state index is -1.47. The van der Waals surface area contributed by atoms with Gasteiger partial charge in [-0.05, 0) is 43.9 Å². The van der Waals surface area contributed by atoms with Crippen molar-refractivity contribution in [3.05, 3.63) is 0 Å². The Labute approximate surface area is 331 Å². The second-order valence-electron chi connectivity index (χ2n) is 16.8. The Balaban J connectivity index is 2.14. The standard InChI is InChI=1S/C45H84O9/c1-38(2)32-27-23-19-15-11-7-5-9-13-17-21-25-29-36-50-44(48)53-41-35-31-34-40(52-43(46)47)42(41)54-45(49)51-37-30-26-22-18-14-10-6-8-12-16-20-24-28-33-39(3)4/h38-42H,5-37H2,1-4H3,(H,46,47). The highest BCUT2D eigenvalue weighted by Gasteiger charge is 2.42. The number of rotatable bonds is 35. The third-order valence-corrected chi connectivity index (χ3v) is 10.7. The number of hydrogen-bond acceptors (Lipinski definition) is 8. The zero-order valence-electron chi connectivity index (χ0n) is 35.4. The lowest BCUT2D eigenvalue weighted by molar-refractivity contribution is -0.123. The molecule has 1 aliphatic rings. The minimum absolute atomic E-state index is 0.222. The van der Waals surface area contributed by atoms with Crippen molar-refractivity contribution in [2.24, 2.45) is 11.8 Å². The molecule has 9 heteroatoms. The lowest BCUT2D eigenvalue weighted by atomic mass is 9.91. The summed E-state index contributed by atoms with van der Waals surface area (Å²) in [5, 5.41) is 9.24. The Kier molecular flexibility index (Phi) is 32.5. The fraction of sp³-hybridized carbons (Fsp3) is 0.933. The Morgan fingerprint density at radius 3 is 1.07 bits per heavy atom. The summed E-state index contributed by atoms with van der Waals surface area (Å²) < 4.78 is 26.6. The van der Waals surface area contributed by atoms with E-state index >= 15 is 0 Å². The average molecular weight is 769 g/mol. The molecule has 1 N–H and O–H groups in total. The second-order valence-corrected chi connectivity index (χ2v) is 16.8. The maximum atomic E-state index is 12.6. The van der Waals surface area contributed by atoms with Gasteiger partial charge in [-0.3, -0.25) is 0 Å². The van der Waals surface area contributed by atoms with E-state index < -0.39 is 36.8 Å². The van der Waals surface area contributed by atoms with Crippen LogP contribution in [0.3, 0.4) is 0 Å². The van der Waals surface area contributed by atoms with Gasteiger partial charge in [0.05, 0.1) is 13.2 Å². The molecule has 9 nitrogen and oxygen atoms in total. The topological polar surface area (TPSA) is 118 Å². The molecule has 1 saturated carbocycles. The fourth-order valence-corrected chi connectivity index (χ4v) is 7.43. The van der Waals surface area contributed by atoms with E-state index in [1.807, 2.05) is 0 Å². The van der Waals surface area contributed by atoms with Crippen molar-refractivity contribution in [1.29, 1.82) is 0 Å². The van der Waals surface area contributed by atoms with Crippen LogP contribution in [-0.4, -0.2) is 55.1 Å². The summed E-state index contributed by atoms with van der Waals surface area (Å²) in [5.41, 5.74) is 0. The van der Waals surface area contributed by atoms with Crippen LogP contribution in [0.2, 0.25) is 0 Å². The fourth-order valence-electron chi connectivity index (χ4n) is 7.43. The van der Waals surface area contributed by atoms with Gasteiger partial charge in [0, 0.05) is 0 Å². The first kappa shape index (κ1) is 49.8. The van der Waals surface area contributed by atoms with E-state index in [2.05, 4.69) is 27.7 Å². The summed E-state index contributed by atoms with van der Waals surface area (Å²) in [6.07, 6.45) is 30.1. The molecule has 0 aromatic rings. The Bertz CT molecular complexity index is 892. The van der Waals surface area contributed by atoms with Gasteiger partial charge in [-0.15, -0.1) is 0 Å². The minimum Gasteiger partial charge on any atom is -0.450 e. The van der Waals surface area contributed by atoms with E-state index in [1.165, 1.54) is 141 Å². The quantitative estimate of drug-likeness (QED) is 0.0382. The summed E-state index contributed by atoms with van der Waals surface area (Å²) in [5.74, 6) is 1.65. The first-order valence-corrected chi connectivity index (χ1v) is 22.8. The van der Waals surface area contributed by atoms with Crippen LogP contribution in [0.1, 0.15) is 227 Å². The van der Waals surface area contributed by atoms with Gasteiger partial charge in [0.2, 0.25) is 0 Å². The molecule has 0 aliphatic heterocycles. The first-order valence-electron chi connectivity index (χ1n) is 22.8. The molecular weight excluding hydrogens is 684 g/mol. The van der Waals surface area contributed by atoms with Crippen molar-refractivity contribution in [3.8, 4) is 0 Å². The molecule has 54 heavy (non-hydrogen) atoms. The molecule has 0 radical (unpaired) electrons. The molecule has 0 amide bonds. The summed E-state index contributed by atoms with van der Waals surface area (Å²) in [7, 11) is 0. The monoisotopic (exact) mass is 769 g/mol. The molecule has 3 unspecified atom stereocenters. The molecular formula is C45H84O9. The van der Waals surface area contributed by atoms with E-state index in [-0.39, 0.29) is 13.2 Å². The van der Waals surface area contributed by atoms with Crippen LogP contribution in [0.4, 0.5) is 14.4 Å². The Hall–Kier alpha value is -2.19. The van der Waals surface area contributed by atoms with E-state index in [9.17, 15) is 19.5 Å². The molecule has 0 saturated heterocycles. The maximum Gasteiger partial charge on any atom is 0.508 e. The number of hydrogen-bond donors (Lipinski definition) is 1. The van der Waals surface area contributed by atoms with Crippen LogP contribution < -0.4 is 0 Å². The van der Waals surface area contributed by atoms with Crippen molar-refractivity contribution >= 4 is 18.5 Å². The van der Waals surface area contributed by atoms with Gasteiger partial charge >= 0.3 is 18.5 Å². The maximum absolute atomic E-state index is 12.6. The highest BCUT2D eigenvalue weighted by atomic mass is 16.8. The van der Waals surface area contributed by atoms with Crippen LogP contribution in [0.25, 0.3) is 0 Å². The van der Waals surface area contributed by atoms with E-state index in [0.717, 1.165) is 50.4 Å². The average Bonchev–Trinajstić information content (AvgIpc) is 3.12. The molecule has 0 heterocycles. The Morgan fingerprint density at radius 2 is 0.741 bits per heavy atom. The van der Waals surface area contributed by atoms with Crippen LogP contribution in [0, 0.1) is 11.8 Å². The van der Waals surface area contributed by atoms with Crippen LogP contribution in [-0.2, 0) is 23.7 Å². The zero-order chi connectivity index (χ0) is 39.5. The van der Waals surface area contributed by atoms with Gasteiger partial charge < -0.3 is 28.8 Å². The first-order chi connectivity index (χ1) is 26.2.